The number of para-hydroxylation sites is 1. The molecule has 0 saturated carbocycles. The molecule has 2 aromatic carbocycles. The first-order chi connectivity index (χ1) is 15.0. The Balaban J connectivity index is 2.42. The molecule has 0 aromatic heterocycles. The molecule has 2 aromatic rings. The van der Waals surface area contributed by atoms with Gasteiger partial charge >= 0.3 is 0 Å². The Morgan fingerprint density at radius 1 is 1.06 bits per heavy atom. The average Bonchev–Trinajstić information content (AvgIpc) is 2.75. The summed E-state index contributed by atoms with van der Waals surface area (Å²) in [5.74, 6) is -0.154. The van der Waals surface area contributed by atoms with Gasteiger partial charge in [-0.2, -0.15) is 0 Å². The molecule has 0 spiro atoms. The molecular weight excluding hydrogens is 430 g/mol. The molecule has 8 nitrogen and oxygen atoms in total. The quantitative estimate of drug-likeness (QED) is 0.618. The van der Waals surface area contributed by atoms with E-state index in [4.69, 9.17) is 4.74 Å². The number of nitrogens with one attached hydrogen (secondary N) is 1. The van der Waals surface area contributed by atoms with Crippen LogP contribution >= 0.6 is 0 Å². The third kappa shape index (κ3) is 6.00. The minimum atomic E-state index is -3.76. The summed E-state index contributed by atoms with van der Waals surface area (Å²) in [6.07, 6.45) is 1.07. The molecule has 174 valence electrons. The molecule has 1 atom stereocenters. The van der Waals surface area contributed by atoms with Crippen molar-refractivity contribution in [3.63, 3.8) is 0 Å². The Hall–Kier alpha value is -3.07. The molecule has 32 heavy (non-hydrogen) atoms. The van der Waals surface area contributed by atoms with Crippen LogP contribution in [-0.4, -0.2) is 58.1 Å². The highest BCUT2D eigenvalue weighted by atomic mass is 32.2. The van der Waals surface area contributed by atoms with E-state index >= 15 is 0 Å². The van der Waals surface area contributed by atoms with Crippen LogP contribution < -0.4 is 14.4 Å². The lowest BCUT2D eigenvalue weighted by Crippen LogP contribution is -2.50. The summed E-state index contributed by atoms with van der Waals surface area (Å²) >= 11 is 0. The van der Waals surface area contributed by atoms with E-state index in [1.54, 1.807) is 64.3 Å². The highest BCUT2D eigenvalue weighted by Crippen LogP contribution is 2.27. The number of carbonyl (C=O) groups is 2. The number of sulfonamides is 1. The van der Waals surface area contributed by atoms with Gasteiger partial charge in [0.2, 0.25) is 21.8 Å². The van der Waals surface area contributed by atoms with E-state index in [0.717, 1.165) is 27.3 Å². The van der Waals surface area contributed by atoms with Crippen molar-refractivity contribution in [1.82, 2.24) is 10.2 Å². The number of rotatable bonds is 9. The lowest BCUT2D eigenvalue weighted by Gasteiger charge is -2.32. The fourth-order valence-electron chi connectivity index (χ4n) is 3.49. The van der Waals surface area contributed by atoms with Crippen LogP contribution in [-0.2, 0) is 26.2 Å². The summed E-state index contributed by atoms with van der Waals surface area (Å²) in [7, 11) is -0.700. The van der Waals surface area contributed by atoms with E-state index in [0.29, 0.717) is 11.4 Å². The SMILES string of the molecule is CNC(=O)[C@@H](C)N(Cc1ccc(OC)cc1)C(=O)CN(c1c(C)cccc1C)S(C)(=O)=O. The fourth-order valence-corrected chi connectivity index (χ4v) is 4.46. The molecule has 0 aliphatic rings. The predicted molar refractivity (Wildman–Crippen MR) is 125 cm³/mol. The van der Waals surface area contributed by atoms with E-state index in [2.05, 4.69) is 5.32 Å². The van der Waals surface area contributed by atoms with Gasteiger partial charge in [-0.25, -0.2) is 8.42 Å². The Labute approximate surface area is 190 Å². The van der Waals surface area contributed by atoms with Gasteiger partial charge in [-0.1, -0.05) is 30.3 Å². The largest absolute Gasteiger partial charge is 0.497 e. The van der Waals surface area contributed by atoms with Crippen molar-refractivity contribution in [3.05, 3.63) is 59.2 Å². The molecule has 0 radical (unpaired) electrons. The third-order valence-corrected chi connectivity index (χ3v) is 6.41. The van der Waals surface area contributed by atoms with Crippen LogP contribution in [0.3, 0.4) is 0 Å². The smallest absolute Gasteiger partial charge is 0.244 e. The van der Waals surface area contributed by atoms with E-state index in [1.165, 1.54) is 11.9 Å². The highest BCUT2D eigenvalue weighted by Gasteiger charge is 2.30. The van der Waals surface area contributed by atoms with Crippen LogP contribution in [0.1, 0.15) is 23.6 Å². The maximum atomic E-state index is 13.4. The lowest BCUT2D eigenvalue weighted by molar-refractivity contribution is -0.139. The van der Waals surface area contributed by atoms with E-state index in [1.807, 2.05) is 6.07 Å². The predicted octanol–water partition coefficient (Wildman–Crippen LogP) is 2.24. The molecule has 2 rings (SSSR count). The first kappa shape index (κ1) is 25.2. The second kappa shape index (κ2) is 10.5. The zero-order chi connectivity index (χ0) is 24.1. The molecule has 2 amide bonds. The zero-order valence-corrected chi connectivity index (χ0v) is 20.2. The number of anilines is 1. The summed E-state index contributed by atoms with van der Waals surface area (Å²) < 4.78 is 31.6. The number of nitrogens with zero attached hydrogens (tertiary/aromatic N) is 2. The second-order valence-electron chi connectivity index (χ2n) is 7.67. The Kier molecular flexibility index (Phi) is 8.26. The highest BCUT2D eigenvalue weighted by molar-refractivity contribution is 7.92. The van der Waals surface area contributed by atoms with Crippen molar-refractivity contribution in [1.29, 1.82) is 0 Å². The minimum absolute atomic E-state index is 0.141. The Morgan fingerprint density at radius 3 is 2.09 bits per heavy atom. The molecule has 0 aliphatic carbocycles. The van der Waals surface area contributed by atoms with Gasteiger partial charge in [0.15, 0.2) is 0 Å². The third-order valence-electron chi connectivity index (χ3n) is 5.29. The number of amides is 2. The molecule has 0 aliphatic heterocycles. The normalized spacial score (nSPS) is 12.1. The number of carbonyl (C=O) groups excluding carboxylic acids is 2. The van der Waals surface area contributed by atoms with Crippen LogP contribution in [0.5, 0.6) is 5.75 Å². The number of hydrogen-bond donors (Lipinski definition) is 1. The van der Waals surface area contributed by atoms with Crippen LogP contribution in [0.2, 0.25) is 0 Å². The van der Waals surface area contributed by atoms with Gasteiger partial charge in [-0.3, -0.25) is 13.9 Å². The van der Waals surface area contributed by atoms with E-state index in [-0.39, 0.29) is 12.5 Å². The van der Waals surface area contributed by atoms with Crippen molar-refractivity contribution in [2.24, 2.45) is 0 Å². The van der Waals surface area contributed by atoms with Crippen molar-refractivity contribution in [2.75, 3.05) is 31.3 Å². The summed E-state index contributed by atoms with van der Waals surface area (Å²) in [6, 6.07) is 11.8. The van der Waals surface area contributed by atoms with Crippen molar-refractivity contribution >= 4 is 27.5 Å². The van der Waals surface area contributed by atoms with Gasteiger partial charge in [0.1, 0.15) is 18.3 Å². The minimum Gasteiger partial charge on any atom is -0.497 e. The molecule has 0 heterocycles. The topological polar surface area (TPSA) is 96.0 Å². The number of benzene rings is 2. The molecule has 9 heteroatoms. The summed E-state index contributed by atoms with van der Waals surface area (Å²) in [5.41, 5.74) is 2.74. The maximum absolute atomic E-state index is 13.4. The molecular formula is C23H31N3O5S. The average molecular weight is 462 g/mol. The van der Waals surface area contributed by atoms with Gasteiger partial charge in [0.25, 0.3) is 0 Å². The lowest BCUT2D eigenvalue weighted by atomic mass is 10.1. The van der Waals surface area contributed by atoms with Crippen molar-refractivity contribution in [3.8, 4) is 5.75 Å². The van der Waals surface area contributed by atoms with Crippen LogP contribution in [0, 0.1) is 13.8 Å². The Morgan fingerprint density at radius 2 is 1.62 bits per heavy atom. The van der Waals surface area contributed by atoms with Gasteiger partial charge < -0.3 is 15.0 Å². The first-order valence-corrected chi connectivity index (χ1v) is 12.0. The van der Waals surface area contributed by atoms with E-state index in [9.17, 15) is 18.0 Å². The molecule has 0 saturated heterocycles. The number of likely N-dealkylation sites (N-methyl/N-ethyl adjacent to an activating group) is 1. The number of ether oxygens (including phenoxy) is 1. The second-order valence-corrected chi connectivity index (χ2v) is 9.58. The number of hydrogen-bond acceptors (Lipinski definition) is 5. The van der Waals surface area contributed by atoms with Crippen LogP contribution in [0.15, 0.2) is 42.5 Å². The van der Waals surface area contributed by atoms with Gasteiger partial charge in [-0.05, 0) is 49.6 Å². The molecule has 0 unspecified atom stereocenters. The van der Waals surface area contributed by atoms with Crippen LogP contribution in [0.25, 0.3) is 0 Å². The molecule has 0 fully saturated rings. The first-order valence-electron chi connectivity index (χ1n) is 10.2. The fraction of sp³-hybridized carbons (Fsp3) is 0.391. The maximum Gasteiger partial charge on any atom is 0.244 e. The summed E-state index contributed by atoms with van der Waals surface area (Å²) in [5, 5.41) is 2.55. The van der Waals surface area contributed by atoms with E-state index < -0.39 is 28.5 Å². The molecule has 1 N–H and O–H groups in total. The van der Waals surface area contributed by atoms with Crippen LogP contribution in [0.4, 0.5) is 5.69 Å². The summed E-state index contributed by atoms with van der Waals surface area (Å²) in [4.78, 5) is 27.1. The van der Waals surface area contributed by atoms with Crippen molar-refractivity contribution in [2.45, 2.75) is 33.4 Å². The van der Waals surface area contributed by atoms with Gasteiger partial charge in [0.05, 0.1) is 19.1 Å². The van der Waals surface area contributed by atoms with Gasteiger partial charge in [0, 0.05) is 13.6 Å². The zero-order valence-electron chi connectivity index (χ0n) is 19.4. The number of aryl methyl sites for hydroxylation is 2. The molecule has 0 bridgehead atoms. The monoisotopic (exact) mass is 461 g/mol. The van der Waals surface area contributed by atoms with Crippen molar-refractivity contribution < 1.29 is 22.7 Å². The summed E-state index contributed by atoms with van der Waals surface area (Å²) in [6.45, 7) is 4.94. The standard InChI is InChI=1S/C23H31N3O5S/c1-16-8-7-9-17(2)22(16)26(32(6,29)30)15-21(27)25(18(3)23(28)24-4)14-19-10-12-20(31-5)13-11-19/h7-13,18H,14-15H2,1-6H3,(H,24,28)/t18-/m1/s1. The number of methoxy groups -OCH3 is 1. The Bertz CT molecular complexity index is 1050. The van der Waals surface area contributed by atoms with Gasteiger partial charge in [-0.15, -0.1) is 0 Å².